The minimum absolute atomic E-state index is 0.0864. The lowest BCUT2D eigenvalue weighted by atomic mass is 9.98. The zero-order valence-electron chi connectivity index (χ0n) is 16.3. The molecule has 7 heteroatoms. The number of nitrogens with one attached hydrogen (secondary N) is 1. The van der Waals surface area contributed by atoms with Gasteiger partial charge in [-0.2, -0.15) is 0 Å². The molecule has 158 valence electrons. The predicted molar refractivity (Wildman–Crippen MR) is 120 cm³/mol. The Morgan fingerprint density at radius 3 is 2.03 bits per heavy atom. The number of ether oxygens (including phenoxy) is 1. The van der Waals surface area contributed by atoms with Gasteiger partial charge >= 0.3 is 12.1 Å². The van der Waals surface area contributed by atoms with Gasteiger partial charge in [0.1, 0.15) is 6.61 Å². The third-order valence-electron chi connectivity index (χ3n) is 5.30. The molecular formula is C24H19Cl2NO4. The number of benzene rings is 3. The van der Waals surface area contributed by atoms with Crippen molar-refractivity contribution in [2.24, 2.45) is 0 Å². The number of hydrogen-bond acceptors (Lipinski definition) is 3. The topological polar surface area (TPSA) is 75.6 Å². The van der Waals surface area contributed by atoms with Crippen LogP contribution in [0.25, 0.3) is 11.1 Å². The maximum atomic E-state index is 12.6. The number of rotatable bonds is 6. The van der Waals surface area contributed by atoms with Gasteiger partial charge in [-0.1, -0.05) is 71.7 Å². The van der Waals surface area contributed by atoms with E-state index in [0.29, 0.717) is 15.6 Å². The van der Waals surface area contributed by atoms with Gasteiger partial charge in [0.05, 0.1) is 12.5 Å². The molecule has 0 fully saturated rings. The van der Waals surface area contributed by atoms with Gasteiger partial charge in [0.25, 0.3) is 0 Å². The molecule has 0 unspecified atom stereocenters. The van der Waals surface area contributed by atoms with Crippen LogP contribution in [0.3, 0.4) is 0 Å². The highest BCUT2D eigenvalue weighted by Gasteiger charge is 2.29. The van der Waals surface area contributed by atoms with Crippen LogP contribution in [0.1, 0.15) is 35.1 Å². The van der Waals surface area contributed by atoms with E-state index in [2.05, 4.69) is 17.4 Å². The monoisotopic (exact) mass is 455 g/mol. The number of aliphatic carboxylic acids is 1. The van der Waals surface area contributed by atoms with Crippen molar-refractivity contribution in [2.45, 2.75) is 18.4 Å². The number of halogens is 2. The van der Waals surface area contributed by atoms with Crippen LogP contribution in [0.4, 0.5) is 4.79 Å². The summed E-state index contributed by atoms with van der Waals surface area (Å²) in [5.41, 5.74) is 4.95. The number of amides is 1. The Morgan fingerprint density at radius 1 is 0.935 bits per heavy atom. The molecule has 1 amide bonds. The van der Waals surface area contributed by atoms with E-state index in [9.17, 15) is 14.7 Å². The van der Waals surface area contributed by atoms with Crippen molar-refractivity contribution < 1.29 is 19.4 Å². The van der Waals surface area contributed by atoms with Crippen LogP contribution in [0.15, 0.2) is 66.7 Å². The van der Waals surface area contributed by atoms with Gasteiger partial charge in [-0.15, -0.1) is 0 Å². The molecule has 2 N–H and O–H groups in total. The summed E-state index contributed by atoms with van der Waals surface area (Å²) in [6, 6.07) is 19.9. The molecule has 1 aliphatic rings. The number of carbonyl (C=O) groups excluding carboxylic acids is 1. The lowest BCUT2D eigenvalue weighted by Crippen LogP contribution is -2.31. The number of hydrogen-bond donors (Lipinski definition) is 2. The Bertz CT molecular complexity index is 1080. The largest absolute Gasteiger partial charge is 0.481 e. The first-order chi connectivity index (χ1) is 14.9. The Balaban J connectivity index is 1.49. The van der Waals surface area contributed by atoms with Crippen LogP contribution in [0, 0.1) is 0 Å². The second-order valence-corrected chi connectivity index (χ2v) is 8.20. The average Bonchev–Trinajstić information content (AvgIpc) is 3.05. The number of alkyl carbamates (subject to hydrolysis) is 1. The van der Waals surface area contributed by atoms with Crippen LogP contribution in [0.5, 0.6) is 0 Å². The van der Waals surface area contributed by atoms with E-state index in [-0.39, 0.29) is 18.9 Å². The van der Waals surface area contributed by atoms with Crippen molar-refractivity contribution in [3.05, 3.63) is 93.5 Å². The number of carbonyl (C=O) groups is 2. The van der Waals surface area contributed by atoms with Crippen molar-refractivity contribution in [2.75, 3.05) is 6.61 Å². The van der Waals surface area contributed by atoms with Crippen molar-refractivity contribution >= 4 is 35.3 Å². The zero-order chi connectivity index (χ0) is 22.0. The molecule has 0 aromatic heterocycles. The first-order valence-corrected chi connectivity index (χ1v) is 10.5. The van der Waals surface area contributed by atoms with E-state index in [1.807, 2.05) is 36.4 Å². The number of carboxylic acid groups (broad SMARTS) is 1. The molecule has 3 aromatic carbocycles. The minimum atomic E-state index is -1.07. The Morgan fingerprint density at radius 2 is 1.48 bits per heavy atom. The number of fused-ring (bicyclic) bond motifs is 3. The van der Waals surface area contributed by atoms with Crippen LogP contribution in [-0.2, 0) is 9.53 Å². The highest BCUT2D eigenvalue weighted by molar-refractivity contribution is 6.34. The molecule has 0 saturated carbocycles. The molecule has 5 nitrogen and oxygen atoms in total. The summed E-state index contributed by atoms with van der Waals surface area (Å²) < 4.78 is 5.52. The SMILES string of the molecule is O=C(O)C[C@H](NC(=O)OCC1c2ccccc2-c2ccccc21)c1cc(Cl)cc(Cl)c1. The summed E-state index contributed by atoms with van der Waals surface area (Å²) in [6.07, 6.45) is -1.04. The fraction of sp³-hybridized carbons (Fsp3) is 0.167. The fourth-order valence-corrected chi connectivity index (χ4v) is 4.53. The maximum Gasteiger partial charge on any atom is 0.407 e. The molecule has 31 heavy (non-hydrogen) atoms. The Hall–Kier alpha value is -3.02. The molecule has 1 aliphatic carbocycles. The molecule has 1 atom stereocenters. The highest BCUT2D eigenvalue weighted by Crippen LogP contribution is 2.44. The quantitative estimate of drug-likeness (QED) is 0.474. The van der Waals surface area contributed by atoms with Gasteiger partial charge in [-0.3, -0.25) is 4.79 Å². The lowest BCUT2D eigenvalue weighted by Gasteiger charge is -2.19. The first-order valence-electron chi connectivity index (χ1n) is 9.71. The molecule has 0 aliphatic heterocycles. The number of carboxylic acids is 1. The zero-order valence-corrected chi connectivity index (χ0v) is 17.9. The molecule has 4 rings (SSSR count). The third-order valence-corrected chi connectivity index (χ3v) is 5.74. The summed E-state index contributed by atoms with van der Waals surface area (Å²) >= 11 is 12.1. The molecule has 0 saturated heterocycles. The van der Waals surface area contributed by atoms with E-state index in [1.54, 1.807) is 12.1 Å². The molecule has 3 aromatic rings. The second kappa shape index (κ2) is 9.00. The van der Waals surface area contributed by atoms with Crippen molar-refractivity contribution in [3.63, 3.8) is 0 Å². The molecule has 0 heterocycles. The third kappa shape index (κ3) is 4.68. The normalized spacial score (nSPS) is 13.2. The first kappa shape index (κ1) is 21.2. The van der Waals surface area contributed by atoms with E-state index in [1.165, 1.54) is 6.07 Å². The van der Waals surface area contributed by atoms with Gasteiger partial charge in [-0.25, -0.2) is 4.79 Å². The molecule has 0 radical (unpaired) electrons. The second-order valence-electron chi connectivity index (χ2n) is 7.32. The van der Waals surface area contributed by atoms with Gasteiger partial charge in [-0.05, 0) is 46.0 Å². The Kier molecular flexibility index (Phi) is 6.16. The van der Waals surface area contributed by atoms with Gasteiger partial charge in [0.15, 0.2) is 0 Å². The summed E-state index contributed by atoms with van der Waals surface area (Å²) in [5.74, 6) is -1.16. The maximum absolute atomic E-state index is 12.6. The lowest BCUT2D eigenvalue weighted by molar-refractivity contribution is -0.137. The van der Waals surface area contributed by atoms with Crippen LogP contribution < -0.4 is 5.32 Å². The average molecular weight is 456 g/mol. The van der Waals surface area contributed by atoms with Crippen LogP contribution >= 0.6 is 23.2 Å². The van der Waals surface area contributed by atoms with E-state index in [4.69, 9.17) is 27.9 Å². The Labute approximate surface area is 189 Å². The smallest absolute Gasteiger partial charge is 0.407 e. The van der Waals surface area contributed by atoms with Crippen molar-refractivity contribution in [3.8, 4) is 11.1 Å². The predicted octanol–water partition coefficient (Wildman–Crippen LogP) is 6.05. The summed E-state index contributed by atoms with van der Waals surface area (Å²) in [5, 5.41) is 12.6. The fourth-order valence-electron chi connectivity index (χ4n) is 3.99. The van der Waals surface area contributed by atoms with Crippen molar-refractivity contribution in [1.29, 1.82) is 0 Å². The van der Waals surface area contributed by atoms with Gasteiger partial charge < -0.3 is 15.2 Å². The van der Waals surface area contributed by atoms with E-state index < -0.39 is 18.1 Å². The van der Waals surface area contributed by atoms with Gasteiger partial charge in [0.2, 0.25) is 0 Å². The van der Waals surface area contributed by atoms with E-state index >= 15 is 0 Å². The summed E-state index contributed by atoms with van der Waals surface area (Å²) in [6.45, 7) is 0.135. The standard InChI is InChI=1S/C24H19Cl2NO4/c25-15-9-14(10-16(26)11-15)22(12-23(28)29)27-24(30)31-13-21-19-7-3-1-5-17(19)18-6-2-4-8-20(18)21/h1-11,21-22H,12-13H2,(H,27,30)(H,28,29)/t22-/m0/s1. The van der Waals surface area contributed by atoms with E-state index in [0.717, 1.165) is 22.3 Å². The highest BCUT2D eigenvalue weighted by atomic mass is 35.5. The molecule has 0 spiro atoms. The van der Waals surface area contributed by atoms with Crippen LogP contribution in [0.2, 0.25) is 10.0 Å². The van der Waals surface area contributed by atoms with Crippen LogP contribution in [-0.4, -0.2) is 23.8 Å². The minimum Gasteiger partial charge on any atom is -0.481 e. The summed E-state index contributed by atoms with van der Waals surface area (Å²) in [7, 11) is 0. The molecule has 0 bridgehead atoms. The van der Waals surface area contributed by atoms with Gasteiger partial charge in [0, 0.05) is 16.0 Å². The summed E-state index contributed by atoms with van der Waals surface area (Å²) in [4.78, 5) is 23.9. The van der Waals surface area contributed by atoms with Crippen molar-refractivity contribution in [1.82, 2.24) is 5.32 Å². The molecular weight excluding hydrogens is 437 g/mol.